The second kappa shape index (κ2) is 11.4. The van der Waals surface area contributed by atoms with Gasteiger partial charge in [-0.1, -0.05) is 60.7 Å². The lowest BCUT2D eigenvalue weighted by Gasteiger charge is -2.09. The van der Waals surface area contributed by atoms with Crippen molar-refractivity contribution in [1.82, 2.24) is 21.3 Å². The summed E-state index contributed by atoms with van der Waals surface area (Å²) in [7, 11) is 0. The van der Waals surface area contributed by atoms with Gasteiger partial charge in [0.1, 0.15) is 22.8 Å². The molecule has 0 saturated heterocycles. The van der Waals surface area contributed by atoms with Crippen molar-refractivity contribution in [3.63, 3.8) is 0 Å². The largest absolute Gasteiger partial charge is 0.456 e. The van der Waals surface area contributed by atoms with Crippen molar-refractivity contribution in [1.29, 1.82) is 0 Å². The number of carbonyl (C=O) groups is 2. The van der Waals surface area contributed by atoms with Crippen LogP contribution in [0.4, 0.5) is 0 Å². The van der Waals surface area contributed by atoms with Crippen LogP contribution in [-0.2, 0) is 9.59 Å². The number of hydrogen-bond acceptors (Lipinski definition) is 7. The third kappa shape index (κ3) is 5.10. The highest BCUT2D eigenvalue weighted by atomic mass is 16.3. The lowest BCUT2D eigenvalue weighted by Crippen LogP contribution is -2.16. The van der Waals surface area contributed by atoms with Gasteiger partial charge in [-0.2, -0.15) is 0 Å². The summed E-state index contributed by atoms with van der Waals surface area (Å²) >= 11 is 0. The van der Waals surface area contributed by atoms with E-state index in [0.717, 1.165) is 89.8 Å². The molecule has 49 heavy (non-hydrogen) atoms. The Morgan fingerprint density at radius 2 is 0.755 bits per heavy atom. The summed E-state index contributed by atoms with van der Waals surface area (Å²) in [5.74, 6) is 1.56. The number of hydrogen-bond donors (Lipinski definition) is 4. The van der Waals surface area contributed by atoms with Crippen LogP contribution in [0.25, 0.3) is 44.7 Å². The van der Waals surface area contributed by atoms with Gasteiger partial charge in [-0.25, -0.2) is 0 Å². The standard InChI is InChI=1S/C42H28N4O3/c47-31-17-11-27(12-18-31)41-43-37(25-7-3-1-4-8-25)39(45-41)29-15-21-35-33(23-29)34-24-30(16-22-36(34)49-35)40-38(26-9-5-2-6-10-26)44-42(46-40)28-13-19-32(48)20-14-28/h1-24,43-46H. The van der Waals surface area contributed by atoms with Crippen LogP contribution < -0.4 is 21.3 Å². The van der Waals surface area contributed by atoms with Crippen LogP contribution in [0, 0.1) is 0 Å². The molecule has 0 radical (unpaired) electrons. The SMILES string of the molecule is O=C1C=CC(=C2NC(c3ccccc3)=C(c3ccc4oc5ccc(C6=C(c7ccccc7)NC(=C7C=CC(=O)C=C7)N6)cc5c4c3)N2)C=C1. The first-order valence-corrected chi connectivity index (χ1v) is 16.0. The molecular weight excluding hydrogens is 608 g/mol. The van der Waals surface area contributed by atoms with Gasteiger partial charge in [0.15, 0.2) is 11.6 Å². The highest BCUT2D eigenvalue weighted by molar-refractivity contribution is 6.09. The molecule has 4 aliphatic rings. The summed E-state index contributed by atoms with van der Waals surface area (Å²) < 4.78 is 6.34. The molecule has 0 saturated carbocycles. The van der Waals surface area contributed by atoms with Gasteiger partial charge >= 0.3 is 0 Å². The van der Waals surface area contributed by atoms with Crippen molar-refractivity contribution < 1.29 is 14.0 Å². The number of ketones is 2. The Balaban J connectivity index is 1.16. The highest BCUT2D eigenvalue weighted by Crippen LogP contribution is 2.37. The van der Waals surface area contributed by atoms with Crippen molar-refractivity contribution in [3.05, 3.63) is 191 Å². The molecule has 0 fully saturated rings. The summed E-state index contributed by atoms with van der Waals surface area (Å²) in [5, 5.41) is 16.3. The average molecular weight is 637 g/mol. The molecule has 2 aliphatic heterocycles. The Morgan fingerprint density at radius 1 is 0.388 bits per heavy atom. The normalized spacial score (nSPS) is 17.1. The first-order chi connectivity index (χ1) is 24.1. The number of allylic oxidation sites excluding steroid dienone is 10. The van der Waals surface area contributed by atoms with Gasteiger partial charge in [0, 0.05) is 44.2 Å². The van der Waals surface area contributed by atoms with Crippen LogP contribution in [0.5, 0.6) is 0 Å². The molecule has 234 valence electrons. The van der Waals surface area contributed by atoms with Gasteiger partial charge in [-0.3, -0.25) is 9.59 Å². The van der Waals surface area contributed by atoms with E-state index in [4.69, 9.17) is 4.42 Å². The van der Waals surface area contributed by atoms with Gasteiger partial charge in [0.2, 0.25) is 0 Å². The predicted octanol–water partition coefficient (Wildman–Crippen LogP) is 7.44. The molecule has 0 bridgehead atoms. The van der Waals surface area contributed by atoms with Gasteiger partial charge in [0.25, 0.3) is 0 Å². The lowest BCUT2D eigenvalue weighted by atomic mass is 10.0. The van der Waals surface area contributed by atoms with Crippen molar-refractivity contribution in [3.8, 4) is 0 Å². The van der Waals surface area contributed by atoms with Crippen LogP contribution in [0.1, 0.15) is 22.3 Å². The minimum Gasteiger partial charge on any atom is -0.456 e. The van der Waals surface area contributed by atoms with Crippen LogP contribution in [0.3, 0.4) is 0 Å². The molecule has 5 aromatic rings. The van der Waals surface area contributed by atoms with E-state index in [1.165, 1.54) is 0 Å². The zero-order valence-corrected chi connectivity index (χ0v) is 26.1. The van der Waals surface area contributed by atoms with E-state index in [1.54, 1.807) is 24.3 Å². The fraction of sp³-hybridized carbons (Fsp3) is 0. The molecule has 1 aromatic heterocycles. The van der Waals surface area contributed by atoms with Gasteiger partial charge < -0.3 is 25.7 Å². The molecule has 9 rings (SSSR count). The summed E-state index contributed by atoms with van der Waals surface area (Å²) in [6, 6.07) is 32.9. The summed E-state index contributed by atoms with van der Waals surface area (Å²) in [6.45, 7) is 0. The van der Waals surface area contributed by atoms with Crippen molar-refractivity contribution in [2.24, 2.45) is 0 Å². The monoisotopic (exact) mass is 636 g/mol. The maximum absolute atomic E-state index is 11.8. The Morgan fingerprint density at radius 3 is 1.14 bits per heavy atom. The van der Waals surface area contributed by atoms with E-state index in [2.05, 4.69) is 69.8 Å². The molecular formula is C42H28N4O3. The first kappa shape index (κ1) is 28.4. The van der Waals surface area contributed by atoms with Crippen LogP contribution in [-0.4, -0.2) is 11.6 Å². The maximum Gasteiger partial charge on any atom is 0.178 e. The van der Waals surface area contributed by atoms with Gasteiger partial charge in [-0.15, -0.1) is 0 Å². The van der Waals surface area contributed by atoms with E-state index in [0.29, 0.717) is 0 Å². The minimum absolute atomic E-state index is 0.0299. The molecule has 2 aliphatic carbocycles. The number of carbonyl (C=O) groups excluding carboxylic acids is 2. The molecule has 0 amide bonds. The molecule has 4 aromatic carbocycles. The fourth-order valence-electron chi connectivity index (χ4n) is 6.51. The summed E-state index contributed by atoms with van der Waals surface area (Å²) in [5.41, 5.74) is 11.2. The highest BCUT2D eigenvalue weighted by Gasteiger charge is 2.26. The third-order valence-electron chi connectivity index (χ3n) is 8.96. The van der Waals surface area contributed by atoms with E-state index < -0.39 is 0 Å². The van der Waals surface area contributed by atoms with E-state index in [-0.39, 0.29) is 11.6 Å². The topological polar surface area (TPSA) is 95.4 Å². The van der Waals surface area contributed by atoms with Crippen molar-refractivity contribution in [2.45, 2.75) is 0 Å². The van der Waals surface area contributed by atoms with Crippen molar-refractivity contribution in [2.75, 3.05) is 0 Å². The molecule has 0 unspecified atom stereocenters. The number of benzene rings is 4. The summed E-state index contributed by atoms with van der Waals surface area (Å²) in [4.78, 5) is 23.6. The Hall–Kier alpha value is -6.86. The smallest absolute Gasteiger partial charge is 0.178 e. The number of rotatable bonds is 4. The maximum atomic E-state index is 11.8. The quantitative estimate of drug-likeness (QED) is 0.163. The Labute approximate surface area is 281 Å². The zero-order valence-electron chi connectivity index (χ0n) is 26.1. The molecule has 7 nitrogen and oxygen atoms in total. The molecule has 7 heteroatoms. The van der Waals surface area contributed by atoms with Gasteiger partial charge in [-0.05, 0) is 85.0 Å². The second-order valence-electron chi connectivity index (χ2n) is 12.1. The van der Waals surface area contributed by atoms with Crippen LogP contribution in [0.15, 0.2) is 173 Å². The Bertz CT molecular complexity index is 2290. The van der Waals surface area contributed by atoms with E-state index in [9.17, 15) is 9.59 Å². The van der Waals surface area contributed by atoms with Crippen LogP contribution >= 0.6 is 0 Å². The fourth-order valence-corrected chi connectivity index (χ4v) is 6.51. The first-order valence-electron chi connectivity index (χ1n) is 16.0. The lowest BCUT2D eigenvalue weighted by molar-refractivity contribution is -0.111. The number of nitrogens with one attached hydrogen (secondary N) is 4. The zero-order chi connectivity index (χ0) is 32.9. The average Bonchev–Trinajstić information content (AvgIpc) is 3.89. The Kier molecular flexibility index (Phi) is 6.62. The minimum atomic E-state index is -0.0299. The van der Waals surface area contributed by atoms with Crippen LogP contribution in [0.2, 0.25) is 0 Å². The molecule has 3 heterocycles. The second-order valence-corrected chi connectivity index (χ2v) is 12.1. The van der Waals surface area contributed by atoms with Gasteiger partial charge in [0.05, 0.1) is 22.8 Å². The van der Waals surface area contributed by atoms with E-state index in [1.807, 2.05) is 72.8 Å². The number of fused-ring (bicyclic) bond motifs is 3. The van der Waals surface area contributed by atoms with Crippen molar-refractivity contribution >= 4 is 56.3 Å². The third-order valence-corrected chi connectivity index (χ3v) is 8.96. The predicted molar refractivity (Wildman–Crippen MR) is 193 cm³/mol. The molecule has 0 atom stereocenters. The number of furan rings is 1. The molecule has 0 spiro atoms. The molecule has 4 N–H and O–H groups in total. The van der Waals surface area contributed by atoms with E-state index >= 15 is 0 Å². The summed E-state index contributed by atoms with van der Waals surface area (Å²) in [6.07, 6.45) is 13.6.